The molecule has 0 aromatic rings. The highest BCUT2D eigenvalue weighted by atomic mass is 32.2. The molecule has 0 radical (unpaired) electrons. The first-order valence-corrected chi connectivity index (χ1v) is 5.63. The molecule has 0 aromatic carbocycles. The van der Waals surface area contributed by atoms with Crippen LogP contribution in [0.1, 0.15) is 34.1 Å². The molecule has 0 heterocycles. The second-order valence-corrected chi connectivity index (χ2v) is 6.80. The molecule has 0 aliphatic carbocycles. The van der Waals surface area contributed by atoms with Crippen LogP contribution in [-0.2, 0) is 10.1 Å². The molecule has 13 heavy (non-hydrogen) atoms. The van der Waals surface area contributed by atoms with Gasteiger partial charge in [-0.15, -0.1) is 0 Å². The van der Waals surface area contributed by atoms with E-state index in [2.05, 4.69) is 0 Å². The van der Waals surface area contributed by atoms with Crippen LogP contribution in [0.5, 0.6) is 0 Å². The Morgan fingerprint density at radius 2 is 1.62 bits per heavy atom. The lowest BCUT2D eigenvalue weighted by atomic mass is 9.85. The minimum atomic E-state index is -4.07. The summed E-state index contributed by atoms with van der Waals surface area (Å²) in [7, 11) is -4.07. The number of rotatable bonds is 3. The van der Waals surface area contributed by atoms with E-state index < -0.39 is 14.9 Å². The molecule has 0 amide bonds. The van der Waals surface area contributed by atoms with E-state index in [0.29, 0.717) is 6.42 Å². The van der Waals surface area contributed by atoms with E-state index in [4.69, 9.17) is 10.3 Å². The summed E-state index contributed by atoms with van der Waals surface area (Å²) >= 11 is 0. The zero-order chi connectivity index (χ0) is 10.9. The smallest absolute Gasteiger partial charge is 0.271 e. The quantitative estimate of drug-likeness (QED) is 0.680. The van der Waals surface area contributed by atoms with Crippen molar-refractivity contribution in [1.29, 1.82) is 0 Å². The van der Waals surface area contributed by atoms with Crippen LogP contribution >= 0.6 is 0 Å². The molecular formula is C8H19NO3S. The largest absolute Gasteiger partial charge is 0.329 e. The van der Waals surface area contributed by atoms with E-state index in [0.717, 1.165) is 0 Å². The van der Waals surface area contributed by atoms with E-state index in [-0.39, 0.29) is 12.0 Å². The predicted molar refractivity (Wildman–Crippen MR) is 53.1 cm³/mol. The van der Waals surface area contributed by atoms with Crippen LogP contribution in [-0.4, -0.2) is 24.3 Å². The predicted octanol–water partition coefficient (Wildman–Crippen LogP) is 1.03. The fourth-order valence-corrected chi connectivity index (χ4v) is 2.22. The molecule has 0 spiro atoms. The number of hydrogen-bond donors (Lipinski definition) is 2. The maximum absolute atomic E-state index is 11.0. The minimum absolute atomic E-state index is 0.0664. The molecule has 4 nitrogen and oxygen atoms in total. The van der Waals surface area contributed by atoms with Crippen LogP contribution in [0.2, 0.25) is 0 Å². The Morgan fingerprint density at radius 1 is 1.23 bits per heavy atom. The first kappa shape index (κ1) is 12.9. The molecule has 1 atom stereocenters. The second kappa shape index (κ2) is 3.55. The fraction of sp³-hybridized carbons (Fsp3) is 1.00. The van der Waals surface area contributed by atoms with Gasteiger partial charge in [0.15, 0.2) is 0 Å². The van der Waals surface area contributed by atoms with Gasteiger partial charge in [0.1, 0.15) is 4.75 Å². The Hall–Kier alpha value is -0.130. The summed E-state index contributed by atoms with van der Waals surface area (Å²) in [5.41, 5.74) is 5.18. The van der Waals surface area contributed by atoms with Crippen molar-refractivity contribution < 1.29 is 13.0 Å². The normalized spacial score (nSPS) is 18.3. The third kappa shape index (κ3) is 3.62. The monoisotopic (exact) mass is 209 g/mol. The molecule has 0 saturated carbocycles. The van der Waals surface area contributed by atoms with Crippen LogP contribution in [0.15, 0.2) is 0 Å². The Labute approximate surface area is 80.3 Å². The van der Waals surface area contributed by atoms with Gasteiger partial charge in [-0.25, -0.2) is 0 Å². The van der Waals surface area contributed by atoms with E-state index in [1.54, 1.807) is 0 Å². The number of hydrogen-bond acceptors (Lipinski definition) is 3. The summed E-state index contributed by atoms with van der Waals surface area (Å²) in [4.78, 5) is 0. The fourth-order valence-electron chi connectivity index (χ4n) is 1.39. The summed E-state index contributed by atoms with van der Waals surface area (Å²) in [5, 5.41) is 0. The maximum atomic E-state index is 11.0. The zero-order valence-electron chi connectivity index (χ0n) is 8.66. The van der Waals surface area contributed by atoms with Gasteiger partial charge < -0.3 is 5.73 Å². The molecule has 1 unspecified atom stereocenters. The lowest BCUT2D eigenvalue weighted by Crippen LogP contribution is -2.45. The van der Waals surface area contributed by atoms with Crippen molar-refractivity contribution in [3.8, 4) is 0 Å². The minimum Gasteiger partial charge on any atom is -0.329 e. The van der Waals surface area contributed by atoms with Crippen molar-refractivity contribution in [2.45, 2.75) is 38.9 Å². The van der Waals surface area contributed by atoms with E-state index in [1.807, 2.05) is 20.8 Å². The average Bonchev–Trinajstić information content (AvgIpc) is 1.81. The van der Waals surface area contributed by atoms with E-state index in [1.165, 1.54) is 6.92 Å². The van der Waals surface area contributed by atoms with Crippen LogP contribution in [0.4, 0.5) is 0 Å². The van der Waals surface area contributed by atoms with Gasteiger partial charge >= 0.3 is 0 Å². The van der Waals surface area contributed by atoms with Gasteiger partial charge in [-0.1, -0.05) is 20.8 Å². The summed E-state index contributed by atoms with van der Waals surface area (Å²) in [6.07, 6.45) is 0.343. The molecule has 0 saturated heterocycles. The molecule has 0 fully saturated rings. The summed E-state index contributed by atoms with van der Waals surface area (Å²) in [6.45, 7) is 7.13. The zero-order valence-corrected chi connectivity index (χ0v) is 9.48. The molecule has 0 aliphatic heterocycles. The first-order valence-electron chi connectivity index (χ1n) is 4.19. The maximum Gasteiger partial charge on any atom is 0.271 e. The summed E-state index contributed by atoms with van der Waals surface area (Å²) < 4.78 is 29.8. The highest BCUT2D eigenvalue weighted by molar-refractivity contribution is 7.87. The van der Waals surface area contributed by atoms with Crippen molar-refractivity contribution in [2.24, 2.45) is 11.1 Å². The molecule has 0 rings (SSSR count). The third-order valence-corrected chi connectivity index (χ3v) is 3.52. The lowest BCUT2D eigenvalue weighted by Gasteiger charge is -2.31. The molecule has 0 aromatic heterocycles. The van der Waals surface area contributed by atoms with Gasteiger partial charge in [-0.3, -0.25) is 4.55 Å². The van der Waals surface area contributed by atoms with Crippen LogP contribution < -0.4 is 5.73 Å². The molecular weight excluding hydrogens is 190 g/mol. The van der Waals surface area contributed by atoms with Gasteiger partial charge in [0.2, 0.25) is 0 Å². The highest BCUT2D eigenvalue weighted by Crippen LogP contribution is 2.31. The van der Waals surface area contributed by atoms with Gasteiger partial charge in [0, 0.05) is 6.54 Å². The van der Waals surface area contributed by atoms with Crippen LogP contribution in [0.25, 0.3) is 0 Å². The number of nitrogens with two attached hydrogens (primary N) is 1. The second-order valence-electron chi connectivity index (χ2n) is 4.87. The highest BCUT2D eigenvalue weighted by Gasteiger charge is 2.39. The van der Waals surface area contributed by atoms with Gasteiger partial charge in [0.25, 0.3) is 10.1 Å². The molecule has 5 heteroatoms. The lowest BCUT2D eigenvalue weighted by molar-refractivity contribution is 0.306. The molecule has 0 aliphatic rings. The van der Waals surface area contributed by atoms with Crippen molar-refractivity contribution in [3.05, 3.63) is 0 Å². The molecule has 3 N–H and O–H groups in total. The summed E-state index contributed by atoms with van der Waals surface area (Å²) in [6, 6.07) is 0. The third-order valence-electron chi connectivity index (χ3n) is 1.96. The summed E-state index contributed by atoms with van der Waals surface area (Å²) in [5.74, 6) is 0. The Bertz CT molecular complexity index is 266. The van der Waals surface area contributed by atoms with Crippen molar-refractivity contribution in [1.82, 2.24) is 0 Å². The van der Waals surface area contributed by atoms with E-state index >= 15 is 0 Å². The Morgan fingerprint density at radius 3 is 1.69 bits per heavy atom. The van der Waals surface area contributed by atoms with Gasteiger partial charge in [0.05, 0.1) is 0 Å². The van der Waals surface area contributed by atoms with Crippen LogP contribution in [0.3, 0.4) is 0 Å². The SMILES string of the molecule is CC(C)(C)CC(C)(CN)S(=O)(=O)O. The Balaban J connectivity index is 4.89. The van der Waals surface area contributed by atoms with Crippen molar-refractivity contribution in [3.63, 3.8) is 0 Å². The molecule has 80 valence electrons. The van der Waals surface area contributed by atoms with Gasteiger partial charge in [-0.2, -0.15) is 8.42 Å². The Kier molecular flexibility index (Phi) is 3.52. The first-order chi connectivity index (χ1) is 5.52. The molecule has 0 bridgehead atoms. The van der Waals surface area contributed by atoms with Gasteiger partial charge in [-0.05, 0) is 18.8 Å². The van der Waals surface area contributed by atoms with Crippen LogP contribution in [0, 0.1) is 5.41 Å². The average molecular weight is 209 g/mol. The standard InChI is InChI=1S/C8H19NO3S/c1-7(2,3)5-8(4,6-9)13(10,11)12/h5-6,9H2,1-4H3,(H,10,11,12). The topological polar surface area (TPSA) is 80.4 Å². The van der Waals surface area contributed by atoms with E-state index in [9.17, 15) is 8.42 Å². The van der Waals surface area contributed by atoms with Crippen molar-refractivity contribution in [2.75, 3.05) is 6.54 Å². The van der Waals surface area contributed by atoms with Crippen molar-refractivity contribution >= 4 is 10.1 Å².